The lowest BCUT2D eigenvalue weighted by Gasteiger charge is -2.16. The minimum atomic E-state index is -0.683. The molecule has 0 unspecified atom stereocenters. The second-order valence-corrected chi connectivity index (χ2v) is 3.48. The van der Waals surface area contributed by atoms with E-state index in [0.29, 0.717) is 0 Å². The lowest BCUT2D eigenvalue weighted by Crippen LogP contribution is -2.33. The van der Waals surface area contributed by atoms with Gasteiger partial charge in [-0.05, 0) is 0 Å². The van der Waals surface area contributed by atoms with Crippen molar-refractivity contribution >= 4 is 29.0 Å². The van der Waals surface area contributed by atoms with Gasteiger partial charge in [-0.15, -0.1) is 0 Å². The Bertz CT molecular complexity index is 453. The van der Waals surface area contributed by atoms with E-state index in [2.05, 4.69) is 15.3 Å². The van der Waals surface area contributed by atoms with Gasteiger partial charge in [0.15, 0.2) is 0 Å². The van der Waals surface area contributed by atoms with Crippen molar-refractivity contribution in [1.82, 2.24) is 15.3 Å². The maximum atomic E-state index is 11.2. The number of rotatable bonds is 4. The fraction of sp³-hybridized carbons (Fsp3) is 0.375. The molecule has 0 aliphatic heterocycles. The first kappa shape index (κ1) is 13.1. The van der Waals surface area contributed by atoms with Crippen LogP contribution in [0.1, 0.15) is 0 Å². The number of halogens is 1. The van der Waals surface area contributed by atoms with Crippen LogP contribution in [0.4, 0.5) is 11.5 Å². The number of amides is 1. The molecule has 1 amide bonds. The number of aromatic nitrogens is 2. The number of likely N-dealkylation sites (N-methyl/N-ethyl adjacent to an activating group) is 2. The monoisotopic (exact) mass is 259 g/mol. The van der Waals surface area contributed by atoms with E-state index in [1.165, 1.54) is 19.0 Å². The molecule has 1 aromatic rings. The van der Waals surface area contributed by atoms with Crippen LogP contribution in [0.5, 0.6) is 0 Å². The third-order valence-electron chi connectivity index (χ3n) is 1.96. The average molecular weight is 260 g/mol. The lowest BCUT2D eigenvalue weighted by molar-refractivity contribution is -0.384. The maximum absolute atomic E-state index is 11.2. The molecule has 1 heterocycles. The van der Waals surface area contributed by atoms with Crippen molar-refractivity contribution in [1.29, 1.82) is 0 Å². The standard InChI is InChI=1S/C8H10ClN5O3/c1-10-5(15)3-13(2)8-6(14(16)17)7(9)11-4-12-8/h4H,3H2,1-2H3,(H,10,15). The third-order valence-corrected chi connectivity index (χ3v) is 2.24. The summed E-state index contributed by atoms with van der Waals surface area (Å²) in [6.07, 6.45) is 1.10. The van der Waals surface area contributed by atoms with Gasteiger partial charge in [-0.3, -0.25) is 14.9 Å². The highest BCUT2D eigenvalue weighted by Crippen LogP contribution is 2.30. The van der Waals surface area contributed by atoms with Crippen molar-refractivity contribution in [2.75, 3.05) is 25.5 Å². The molecule has 1 N–H and O–H groups in total. The van der Waals surface area contributed by atoms with Crippen molar-refractivity contribution < 1.29 is 9.72 Å². The molecule has 17 heavy (non-hydrogen) atoms. The molecule has 1 aromatic heterocycles. The van der Waals surface area contributed by atoms with E-state index in [1.54, 1.807) is 0 Å². The second-order valence-electron chi connectivity index (χ2n) is 3.12. The van der Waals surface area contributed by atoms with E-state index in [-0.39, 0.29) is 23.4 Å². The van der Waals surface area contributed by atoms with Crippen LogP contribution in [-0.2, 0) is 4.79 Å². The zero-order valence-corrected chi connectivity index (χ0v) is 9.93. The van der Waals surface area contributed by atoms with Crippen LogP contribution < -0.4 is 10.2 Å². The molecule has 0 spiro atoms. The normalized spacial score (nSPS) is 9.82. The molecule has 8 nitrogen and oxygen atoms in total. The molecular formula is C8H10ClN5O3. The van der Waals surface area contributed by atoms with Gasteiger partial charge in [0.25, 0.3) is 0 Å². The molecular weight excluding hydrogens is 250 g/mol. The summed E-state index contributed by atoms with van der Waals surface area (Å²) in [6, 6.07) is 0. The van der Waals surface area contributed by atoms with E-state index in [4.69, 9.17) is 11.6 Å². The molecule has 9 heteroatoms. The van der Waals surface area contributed by atoms with Crippen LogP contribution in [0.3, 0.4) is 0 Å². The number of carbonyl (C=O) groups excluding carboxylic acids is 1. The second kappa shape index (κ2) is 5.39. The Morgan fingerprint density at radius 3 is 2.82 bits per heavy atom. The highest BCUT2D eigenvalue weighted by atomic mass is 35.5. The van der Waals surface area contributed by atoms with E-state index in [9.17, 15) is 14.9 Å². The molecule has 0 aliphatic rings. The number of nitro groups is 1. The quantitative estimate of drug-likeness (QED) is 0.471. The molecule has 0 aromatic carbocycles. The summed E-state index contributed by atoms with van der Waals surface area (Å²) in [5.41, 5.74) is -0.416. The zero-order valence-electron chi connectivity index (χ0n) is 9.18. The fourth-order valence-electron chi connectivity index (χ4n) is 1.15. The van der Waals surface area contributed by atoms with Crippen LogP contribution in [0.2, 0.25) is 5.15 Å². The largest absolute Gasteiger partial charge is 0.358 e. The Kier molecular flexibility index (Phi) is 4.16. The lowest BCUT2D eigenvalue weighted by atomic mass is 10.4. The first-order valence-electron chi connectivity index (χ1n) is 4.54. The van der Waals surface area contributed by atoms with Crippen LogP contribution in [0.15, 0.2) is 6.33 Å². The average Bonchev–Trinajstić information content (AvgIpc) is 2.27. The molecule has 1 rings (SSSR count). The van der Waals surface area contributed by atoms with Crippen molar-refractivity contribution in [3.63, 3.8) is 0 Å². The van der Waals surface area contributed by atoms with Gasteiger partial charge in [0, 0.05) is 14.1 Å². The van der Waals surface area contributed by atoms with Gasteiger partial charge >= 0.3 is 5.69 Å². The van der Waals surface area contributed by atoms with E-state index < -0.39 is 10.6 Å². The van der Waals surface area contributed by atoms with E-state index in [1.807, 2.05) is 0 Å². The summed E-state index contributed by atoms with van der Waals surface area (Å²) < 4.78 is 0. The molecule has 0 atom stereocenters. The van der Waals surface area contributed by atoms with Gasteiger partial charge in [-0.2, -0.15) is 0 Å². The van der Waals surface area contributed by atoms with E-state index >= 15 is 0 Å². The Labute approximate surface area is 102 Å². The van der Waals surface area contributed by atoms with Crippen molar-refractivity contribution in [2.24, 2.45) is 0 Å². The number of nitrogens with one attached hydrogen (secondary N) is 1. The first-order chi connectivity index (χ1) is 7.97. The number of hydrogen-bond acceptors (Lipinski definition) is 6. The summed E-state index contributed by atoms with van der Waals surface area (Å²) >= 11 is 5.62. The van der Waals surface area contributed by atoms with Crippen LogP contribution in [0, 0.1) is 10.1 Å². The Morgan fingerprint density at radius 1 is 1.65 bits per heavy atom. The van der Waals surface area contributed by atoms with Gasteiger partial charge in [0.05, 0.1) is 11.5 Å². The predicted octanol–water partition coefficient (Wildman–Crippen LogP) is 0.220. The zero-order chi connectivity index (χ0) is 13.0. The molecule has 0 bridgehead atoms. The highest BCUT2D eigenvalue weighted by Gasteiger charge is 2.24. The Hall–Kier alpha value is -1.96. The molecule has 0 aliphatic carbocycles. The van der Waals surface area contributed by atoms with E-state index in [0.717, 1.165) is 6.33 Å². The smallest absolute Gasteiger partial charge is 0.348 e. The minimum Gasteiger partial charge on any atom is -0.358 e. The topological polar surface area (TPSA) is 101 Å². The molecule has 0 saturated carbocycles. The number of anilines is 1. The SMILES string of the molecule is CNC(=O)CN(C)c1ncnc(Cl)c1[N+](=O)[O-]. The minimum absolute atomic E-state index is 0.00130. The summed E-state index contributed by atoms with van der Waals surface area (Å²) in [5, 5.41) is 13.0. The number of carbonyl (C=O) groups is 1. The van der Waals surface area contributed by atoms with Gasteiger partial charge in [0.2, 0.25) is 16.9 Å². The van der Waals surface area contributed by atoms with Gasteiger partial charge in [0.1, 0.15) is 6.33 Å². The predicted molar refractivity (Wildman–Crippen MR) is 61.0 cm³/mol. The van der Waals surface area contributed by atoms with Gasteiger partial charge in [-0.1, -0.05) is 11.6 Å². The van der Waals surface area contributed by atoms with Crippen LogP contribution in [0.25, 0.3) is 0 Å². The summed E-state index contributed by atoms with van der Waals surface area (Å²) in [5.74, 6) is -0.296. The Morgan fingerprint density at radius 2 is 2.29 bits per heavy atom. The number of nitrogens with zero attached hydrogens (tertiary/aromatic N) is 4. The fourth-order valence-corrected chi connectivity index (χ4v) is 1.35. The van der Waals surface area contributed by atoms with Crippen LogP contribution in [-0.4, -0.2) is 41.4 Å². The van der Waals surface area contributed by atoms with Crippen molar-refractivity contribution in [3.05, 3.63) is 21.6 Å². The molecule has 0 radical (unpaired) electrons. The third kappa shape index (κ3) is 3.00. The maximum Gasteiger partial charge on any atom is 0.348 e. The van der Waals surface area contributed by atoms with Crippen molar-refractivity contribution in [3.8, 4) is 0 Å². The molecule has 0 fully saturated rings. The summed E-state index contributed by atoms with van der Waals surface area (Å²) in [4.78, 5) is 29.9. The molecule has 0 saturated heterocycles. The Balaban J connectivity index is 3.09. The highest BCUT2D eigenvalue weighted by molar-refractivity contribution is 6.31. The summed E-state index contributed by atoms with van der Waals surface area (Å²) in [6.45, 7) is -0.0648. The van der Waals surface area contributed by atoms with Crippen LogP contribution >= 0.6 is 11.6 Å². The number of hydrogen-bond donors (Lipinski definition) is 1. The summed E-state index contributed by atoms with van der Waals surface area (Å²) in [7, 11) is 2.97. The van der Waals surface area contributed by atoms with Gasteiger partial charge < -0.3 is 10.2 Å². The molecule has 92 valence electrons. The van der Waals surface area contributed by atoms with Gasteiger partial charge in [-0.25, -0.2) is 9.97 Å². The first-order valence-corrected chi connectivity index (χ1v) is 4.91. The van der Waals surface area contributed by atoms with Crippen molar-refractivity contribution in [2.45, 2.75) is 0 Å².